The minimum absolute atomic E-state index is 0.806. The van der Waals surface area contributed by atoms with Gasteiger partial charge in [0.05, 0.1) is 40.0 Å². The highest BCUT2D eigenvalue weighted by Gasteiger charge is 2.23. The highest BCUT2D eigenvalue weighted by Crippen LogP contribution is 2.22. The van der Waals surface area contributed by atoms with Crippen LogP contribution in [0.3, 0.4) is 0 Å². The van der Waals surface area contributed by atoms with Crippen molar-refractivity contribution in [2.75, 3.05) is 46.5 Å². The highest BCUT2D eigenvalue weighted by atomic mass is 16.5. The molecule has 1 unspecified atom stereocenters. The number of rotatable bonds is 5. The molecule has 0 aliphatic carbocycles. The molecule has 0 N–H and O–H groups in total. The van der Waals surface area contributed by atoms with E-state index in [1.165, 1.54) is 30.6 Å². The van der Waals surface area contributed by atoms with Crippen molar-refractivity contribution in [1.29, 1.82) is 0 Å². The van der Waals surface area contributed by atoms with Gasteiger partial charge in [0.25, 0.3) is 0 Å². The summed E-state index contributed by atoms with van der Waals surface area (Å²) in [7, 11) is 2.34. The van der Waals surface area contributed by atoms with E-state index in [1.54, 1.807) is 0 Å². The van der Waals surface area contributed by atoms with Crippen LogP contribution >= 0.6 is 0 Å². The number of hydrogen-bond donors (Lipinski definition) is 0. The van der Waals surface area contributed by atoms with Crippen molar-refractivity contribution < 1.29 is 14.0 Å². The lowest BCUT2D eigenvalue weighted by Gasteiger charge is -2.32. The summed E-state index contributed by atoms with van der Waals surface area (Å²) in [4.78, 5) is 0. The van der Waals surface area contributed by atoms with Crippen molar-refractivity contribution in [2.45, 2.75) is 26.7 Å². The fraction of sp³-hybridized carbons (Fsp3) is 0.647. The molecule has 1 saturated heterocycles. The number of likely N-dealkylation sites (N-methyl/N-ethyl adjacent to an activating group) is 1. The van der Waals surface area contributed by atoms with Gasteiger partial charge >= 0.3 is 0 Å². The number of ether oxygens (including phenoxy) is 2. The molecule has 1 aromatic rings. The summed E-state index contributed by atoms with van der Waals surface area (Å²) in [5.74, 6) is 1.06. The van der Waals surface area contributed by atoms with Crippen LogP contribution in [0.25, 0.3) is 0 Å². The van der Waals surface area contributed by atoms with Crippen molar-refractivity contribution in [3.63, 3.8) is 0 Å². The van der Waals surface area contributed by atoms with Crippen molar-refractivity contribution in [2.24, 2.45) is 0 Å². The van der Waals surface area contributed by atoms with Crippen LogP contribution < -0.4 is 4.74 Å². The number of aryl methyl sites for hydroxylation is 2. The van der Waals surface area contributed by atoms with Gasteiger partial charge in [-0.05, 0) is 25.0 Å². The van der Waals surface area contributed by atoms with E-state index in [4.69, 9.17) is 9.47 Å². The Morgan fingerprint density at radius 1 is 1.15 bits per heavy atom. The monoisotopic (exact) mass is 278 g/mol. The lowest BCUT2D eigenvalue weighted by atomic mass is 10.1. The molecule has 1 aliphatic heterocycles. The maximum Gasteiger partial charge on any atom is 0.125 e. The van der Waals surface area contributed by atoms with Crippen molar-refractivity contribution >= 4 is 0 Å². The zero-order valence-electron chi connectivity index (χ0n) is 13.2. The minimum atomic E-state index is 0.806. The summed E-state index contributed by atoms with van der Waals surface area (Å²) < 4.78 is 12.7. The average Bonchev–Trinajstić information content (AvgIpc) is 2.63. The normalized spacial score (nSPS) is 23.4. The molecule has 0 bridgehead atoms. The topological polar surface area (TPSA) is 18.5 Å². The molecule has 0 spiro atoms. The zero-order valence-corrected chi connectivity index (χ0v) is 13.2. The molecule has 3 nitrogen and oxygen atoms in total. The zero-order chi connectivity index (χ0) is 14.4. The average molecular weight is 278 g/mol. The second kappa shape index (κ2) is 7.09. The molecule has 1 aliphatic rings. The van der Waals surface area contributed by atoms with Crippen LogP contribution in [0.2, 0.25) is 0 Å². The molecule has 3 heteroatoms. The van der Waals surface area contributed by atoms with Gasteiger partial charge in [0.1, 0.15) is 12.3 Å². The second-order valence-corrected chi connectivity index (χ2v) is 6.18. The molecule has 0 radical (unpaired) electrons. The molecular weight excluding hydrogens is 250 g/mol. The SMILES string of the molecule is Cc1cccc(C)c1OCCC[N+]1(C)CCCOCC1. The fourth-order valence-corrected chi connectivity index (χ4v) is 2.92. The molecule has 1 aromatic carbocycles. The maximum atomic E-state index is 5.99. The third-order valence-corrected chi connectivity index (χ3v) is 4.26. The lowest BCUT2D eigenvalue weighted by molar-refractivity contribution is -0.908. The predicted molar refractivity (Wildman–Crippen MR) is 82.2 cm³/mol. The molecular formula is C17H28NO2+. The van der Waals surface area contributed by atoms with Gasteiger partial charge in [0, 0.05) is 12.8 Å². The standard InChI is InChI=1S/C17H28NO2/c1-15-7-4-8-16(2)17(15)20-13-6-10-18(3)9-5-12-19-14-11-18/h4,7-8H,5-6,9-14H2,1-3H3/q+1. The molecule has 1 atom stereocenters. The van der Waals surface area contributed by atoms with E-state index >= 15 is 0 Å². The Labute approximate surface area is 123 Å². The van der Waals surface area contributed by atoms with Crippen LogP contribution in [0.15, 0.2) is 18.2 Å². The Bertz CT molecular complexity index is 403. The van der Waals surface area contributed by atoms with Gasteiger partial charge in [-0.1, -0.05) is 18.2 Å². The van der Waals surface area contributed by atoms with Crippen molar-refractivity contribution in [3.05, 3.63) is 29.3 Å². The van der Waals surface area contributed by atoms with Gasteiger partial charge in [-0.15, -0.1) is 0 Å². The predicted octanol–water partition coefficient (Wildman–Crippen LogP) is 2.94. The number of hydrogen-bond acceptors (Lipinski definition) is 2. The molecule has 1 heterocycles. The van der Waals surface area contributed by atoms with E-state index in [-0.39, 0.29) is 0 Å². The summed E-state index contributed by atoms with van der Waals surface area (Å²) in [5.41, 5.74) is 2.46. The Balaban J connectivity index is 1.78. The van der Waals surface area contributed by atoms with Crippen LogP contribution in [-0.2, 0) is 4.74 Å². The van der Waals surface area contributed by atoms with Crippen LogP contribution in [0.1, 0.15) is 24.0 Å². The first kappa shape index (κ1) is 15.3. The highest BCUT2D eigenvalue weighted by molar-refractivity contribution is 5.39. The first-order valence-electron chi connectivity index (χ1n) is 7.71. The maximum absolute atomic E-state index is 5.99. The molecule has 0 saturated carbocycles. The van der Waals surface area contributed by atoms with E-state index in [9.17, 15) is 0 Å². The smallest absolute Gasteiger partial charge is 0.125 e. The van der Waals surface area contributed by atoms with Gasteiger partial charge in [0.15, 0.2) is 0 Å². The third-order valence-electron chi connectivity index (χ3n) is 4.26. The quantitative estimate of drug-likeness (QED) is 0.609. The Kier molecular flexibility index (Phi) is 5.44. The summed E-state index contributed by atoms with van der Waals surface area (Å²) in [6, 6.07) is 6.31. The van der Waals surface area contributed by atoms with Crippen molar-refractivity contribution in [3.8, 4) is 5.75 Å². The first-order valence-corrected chi connectivity index (χ1v) is 7.71. The number of benzene rings is 1. The van der Waals surface area contributed by atoms with Gasteiger partial charge < -0.3 is 14.0 Å². The van der Waals surface area contributed by atoms with Gasteiger partial charge in [-0.25, -0.2) is 0 Å². The minimum Gasteiger partial charge on any atom is -0.493 e. The Morgan fingerprint density at radius 2 is 1.90 bits per heavy atom. The molecule has 112 valence electrons. The molecule has 20 heavy (non-hydrogen) atoms. The Morgan fingerprint density at radius 3 is 2.65 bits per heavy atom. The van der Waals surface area contributed by atoms with E-state index in [0.717, 1.165) is 43.0 Å². The summed E-state index contributed by atoms with van der Waals surface area (Å²) in [6.45, 7) is 10.4. The third kappa shape index (κ3) is 4.22. The lowest BCUT2D eigenvalue weighted by Crippen LogP contribution is -2.46. The van der Waals surface area contributed by atoms with E-state index in [0.29, 0.717) is 0 Å². The van der Waals surface area contributed by atoms with Crippen LogP contribution in [0.5, 0.6) is 5.75 Å². The van der Waals surface area contributed by atoms with E-state index in [2.05, 4.69) is 39.1 Å². The number of nitrogens with zero attached hydrogens (tertiary/aromatic N) is 1. The molecule has 1 fully saturated rings. The summed E-state index contributed by atoms with van der Waals surface area (Å²) in [5, 5.41) is 0. The van der Waals surface area contributed by atoms with E-state index in [1.807, 2.05) is 0 Å². The molecule has 0 amide bonds. The fourth-order valence-electron chi connectivity index (χ4n) is 2.92. The van der Waals surface area contributed by atoms with Crippen LogP contribution in [-0.4, -0.2) is 51.0 Å². The van der Waals surface area contributed by atoms with Crippen LogP contribution in [0, 0.1) is 13.8 Å². The molecule has 2 rings (SSSR count). The largest absolute Gasteiger partial charge is 0.493 e. The van der Waals surface area contributed by atoms with Gasteiger partial charge in [-0.2, -0.15) is 0 Å². The summed E-state index contributed by atoms with van der Waals surface area (Å²) in [6.07, 6.45) is 2.28. The van der Waals surface area contributed by atoms with Gasteiger partial charge in [-0.3, -0.25) is 0 Å². The summed E-state index contributed by atoms with van der Waals surface area (Å²) >= 11 is 0. The first-order chi connectivity index (χ1) is 9.61. The Hall–Kier alpha value is -1.06. The van der Waals surface area contributed by atoms with E-state index < -0.39 is 0 Å². The number of para-hydroxylation sites is 1. The second-order valence-electron chi connectivity index (χ2n) is 6.18. The van der Waals surface area contributed by atoms with Crippen molar-refractivity contribution in [1.82, 2.24) is 0 Å². The van der Waals surface area contributed by atoms with Crippen LogP contribution in [0.4, 0.5) is 0 Å². The van der Waals surface area contributed by atoms with Gasteiger partial charge in [0.2, 0.25) is 0 Å². The number of quaternary nitrogens is 1. The molecule has 0 aromatic heterocycles.